The standard InChI is InChI=1S/C19H26N2O6/c1-11-6-5-7-14(19(24)26-12(2)10-11)21-18(23)16-17(27-13(3)22)15(25-4)8-9-20-16/h8-9,11-12,14H,5-7,10H2,1-4H3,(H,21,23)/t11-,12-,14-/m0/s1. The predicted octanol–water partition coefficient (Wildman–Crippen LogP) is 2.26. The van der Waals surface area contributed by atoms with Crippen LogP contribution in [0.15, 0.2) is 12.3 Å². The van der Waals surface area contributed by atoms with Gasteiger partial charge in [-0.1, -0.05) is 19.8 Å². The zero-order valence-corrected chi connectivity index (χ0v) is 16.1. The first kappa shape index (κ1) is 20.7. The number of carbonyl (C=O) groups is 3. The van der Waals surface area contributed by atoms with Crippen molar-refractivity contribution in [1.82, 2.24) is 10.3 Å². The average molecular weight is 378 g/mol. The Hall–Kier alpha value is -2.64. The first-order valence-electron chi connectivity index (χ1n) is 9.04. The summed E-state index contributed by atoms with van der Waals surface area (Å²) in [5.41, 5.74) is -0.126. The highest BCUT2D eigenvalue weighted by molar-refractivity contribution is 5.98. The van der Waals surface area contributed by atoms with E-state index in [9.17, 15) is 14.4 Å². The van der Waals surface area contributed by atoms with Gasteiger partial charge in [-0.25, -0.2) is 9.78 Å². The molecular formula is C19H26N2O6. The molecule has 1 saturated heterocycles. The Morgan fingerprint density at radius 3 is 2.70 bits per heavy atom. The van der Waals surface area contributed by atoms with Crippen LogP contribution in [0, 0.1) is 5.92 Å². The van der Waals surface area contributed by atoms with Crippen molar-refractivity contribution in [2.24, 2.45) is 5.92 Å². The molecule has 0 saturated carbocycles. The molecule has 1 aromatic heterocycles. The lowest BCUT2D eigenvalue weighted by atomic mass is 9.97. The number of hydrogen-bond acceptors (Lipinski definition) is 7. The quantitative estimate of drug-likeness (QED) is 0.801. The number of cyclic esters (lactones) is 1. The lowest BCUT2D eigenvalue weighted by Crippen LogP contribution is -2.43. The summed E-state index contributed by atoms with van der Waals surface area (Å²) < 4.78 is 15.7. The van der Waals surface area contributed by atoms with Crippen molar-refractivity contribution < 1.29 is 28.6 Å². The SMILES string of the molecule is COc1ccnc(C(=O)N[C@H]2CCC[C@H](C)C[C@H](C)OC2=O)c1OC(C)=O. The largest absolute Gasteiger partial charge is 0.493 e. The van der Waals surface area contributed by atoms with Gasteiger partial charge in [0.15, 0.2) is 11.4 Å². The second-order valence-corrected chi connectivity index (χ2v) is 6.83. The molecule has 148 valence electrons. The fraction of sp³-hybridized carbons (Fsp3) is 0.579. The summed E-state index contributed by atoms with van der Waals surface area (Å²) in [6.45, 7) is 5.18. The smallest absolute Gasteiger partial charge is 0.328 e. The number of rotatable bonds is 4. The lowest BCUT2D eigenvalue weighted by molar-refractivity contribution is -0.151. The zero-order valence-electron chi connectivity index (χ0n) is 16.1. The van der Waals surface area contributed by atoms with Crippen LogP contribution in [0.4, 0.5) is 0 Å². The van der Waals surface area contributed by atoms with E-state index in [0.29, 0.717) is 12.3 Å². The molecule has 0 aliphatic carbocycles. The molecule has 1 fully saturated rings. The number of ether oxygens (including phenoxy) is 3. The topological polar surface area (TPSA) is 104 Å². The molecule has 1 aliphatic heterocycles. The fourth-order valence-corrected chi connectivity index (χ4v) is 3.15. The van der Waals surface area contributed by atoms with E-state index in [4.69, 9.17) is 14.2 Å². The van der Waals surface area contributed by atoms with Gasteiger partial charge in [0.2, 0.25) is 5.75 Å². The number of hydrogen-bond donors (Lipinski definition) is 1. The van der Waals surface area contributed by atoms with Crippen LogP contribution in [0.1, 0.15) is 56.9 Å². The summed E-state index contributed by atoms with van der Waals surface area (Å²) in [5, 5.41) is 2.66. The maximum Gasteiger partial charge on any atom is 0.328 e. The molecular weight excluding hydrogens is 352 g/mol. The molecule has 1 aromatic rings. The van der Waals surface area contributed by atoms with Gasteiger partial charge >= 0.3 is 11.9 Å². The average Bonchev–Trinajstić information content (AvgIpc) is 2.64. The summed E-state index contributed by atoms with van der Waals surface area (Å²) in [6.07, 6.45) is 4.15. The molecule has 1 N–H and O–H groups in total. The number of amides is 1. The maximum absolute atomic E-state index is 12.7. The Balaban J connectivity index is 2.22. The normalized spacial score (nSPS) is 23.3. The Morgan fingerprint density at radius 1 is 1.30 bits per heavy atom. The Morgan fingerprint density at radius 2 is 2.04 bits per heavy atom. The molecule has 2 heterocycles. The van der Waals surface area contributed by atoms with Crippen molar-refractivity contribution in [3.8, 4) is 11.5 Å². The van der Waals surface area contributed by atoms with Crippen molar-refractivity contribution in [1.29, 1.82) is 0 Å². The highest BCUT2D eigenvalue weighted by Crippen LogP contribution is 2.30. The van der Waals surface area contributed by atoms with E-state index in [1.165, 1.54) is 26.3 Å². The van der Waals surface area contributed by atoms with Crippen molar-refractivity contribution in [3.63, 3.8) is 0 Å². The Kier molecular flexibility index (Phi) is 7.15. The Bertz CT molecular complexity index is 705. The van der Waals surface area contributed by atoms with E-state index in [2.05, 4.69) is 17.2 Å². The third-order valence-corrected chi connectivity index (χ3v) is 4.38. The minimum atomic E-state index is -0.788. The van der Waals surface area contributed by atoms with Gasteiger partial charge in [-0.3, -0.25) is 9.59 Å². The molecule has 2 rings (SSSR count). The molecule has 3 atom stereocenters. The molecule has 0 unspecified atom stereocenters. The highest BCUT2D eigenvalue weighted by atomic mass is 16.6. The van der Waals surface area contributed by atoms with Gasteiger partial charge in [-0.05, 0) is 25.7 Å². The van der Waals surface area contributed by atoms with Crippen LogP contribution in [0.2, 0.25) is 0 Å². The van der Waals surface area contributed by atoms with Gasteiger partial charge in [0, 0.05) is 19.2 Å². The van der Waals surface area contributed by atoms with Gasteiger partial charge in [0.1, 0.15) is 6.04 Å². The molecule has 27 heavy (non-hydrogen) atoms. The third-order valence-electron chi connectivity index (χ3n) is 4.38. The third kappa shape index (κ3) is 5.67. The van der Waals surface area contributed by atoms with E-state index in [-0.39, 0.29) is 23.3 Å². The van der Waals surface area contributed by atoms with E-state index < -0.39 is 23.9 Å². The molecule has 0 aromatic carbocycles. The number of carbonyl (C=O) groups excluding carboxylic acids is 3. The monoisotopic (exact) mass is 378 g/mol. The summed E-state index contributed by atoms with van der Waals surface area (Å²) in [5.74, 6) is -1.15. The van der Waals surface area contributed by atoms with Crippen LogP contribution >= 0.6 is 0 Å². The summed E-state index contributed by atoms with van der Waals surface area (Å²) in [7, 11) is 1.39. The van der Waals surface area contributed by atoms with Gasteiger partial charge in [0.05, 0.1) is 13.2 Å². The van der Waals surface area contributed by atoms with Gasteiger partial charge in [-0.15, -0.1) is 0 Å². The van der Waals surface area contributed by atoms with Crippen molar-refractivity contribution >= 4 is 17.8 Å². The molecule has 8 heteroatoms. The van der Waals surface area contributed by atoms with E-state index in [1.54, 1.807) is 0 Å². The maximum atomic E-state index is 12.7. The van der Waals surface area contributed by atoms with Crippen molar-refractivity contribution in [2.45, 2.75) is 58.6 Å². The minimum absolute atomic E-state index is 0.0802. The van der Waals surface area contributed by atoms with Crippen LogP contribution in [0.25, 0.3) is 0 Å². The predicted molar refractivity (Wildman–Crippen MR) is 96.5 cm³/mol. The second-order valence-electron chi connectivity index (χ2n) is 6.83. The summed E-state index contributed by atoms with van der Waals surface area (Å²) in [6, 6.07) is 0.690. The number of aromatic nitrogens is 1. The van der Waals surface area contributed by atoms with Crippen molar-refractivity contribution in [3.05, 3.63) is 18.0 Å². The molecule has 0 spiro atoms. The first-order chi connectivity index (χ1) is 12.8. The van der Waals surface area contributed by atoms with Gasteiger partial charge in [0.25, 0.3) is 5.91 Å². The fourth-order valence-electron chi connectivity index (χ4n) is 3.15. The molecule has 0 bridgehead atoms. The Labute approximate surface area is 158 Å². The number of nitrogens with zero attached hydrogens (tertiary/aromatic N) is 1. The van der Waals surface area contributed by atoms with Crippen LogP contribution in [-0.4, -0.2) is 42.1 Å². The molecule has 1 amide bonds. The highest BCUT2D eigenvalue weighted by Gasteiger charge is 2.29. The first-order valence-corrected chi connectivity index (χ1v) is 9.04. The molecule has 8 nitrogen and oxygen atoms in total. The summed E-state index contributed by atoms with van der Waals surface area (Å²) in [4.78, 5) is 40.5. The van der Waals surface area contributed by atoms with E-state index in [0.717, 1.165) is 19.3 Å². The van der Waals surface area contributed by atoms with Gasteiger partial charge in [-0.2, -0.15) is 0 Å². The lowest BCUT2D eigenvalue weighted by Gasteiger charge is -2.19. The zero-order chi connectivity index (χ0) is 20.0. The van der Waals surface area contributed by atoms with Crippen LogP contribution in [0.5, 0.6) is 11.5 Å². The number of pyridine rings is 1. The van der Waals surface area contributed by atoms with E-state index in [1.807, 2.05) is 6.92 Å². The van der Waals surface area contributed by atoms with Crippen LogP contribution < -0.4 is 14.8 Å². The van der Waals surface area contributed by atoms with Gasteiger partial charge < -0.3 is 19.5 Å². The van der Waals surface area contributed by atoms with Crippen LogP contribution in [0.3, 0.4) is 0 Å². The van der Waals surface area contributed by atoms with E-state index >= 15 is 0 Å². The minimum Gasteiger partial charge on any atom is -0.493 e. The molecule has 1 aliphatic rings. The van der Waals surface area contributed by atoms with Crippen molar-refractivity contribution in [2.75, 3.05) is 7.11 Å². The number of nitrogens with one attached hydrogen (secondary N) is 1. The van der Waals surface area contributed by atoms with Crippen LogP contribution in [-0.2, 0) is 14.3 Å². The number of esters is 2. The second kappa shape index (κ2) is 9.34. The molecule has 0 radical (unpaired) electrons. The number of methoxy groups -OCH3 is 1. The summed E-state index contributed by atoms with van der Waals surface area (Å²) >= 11 is 0.